The van der Waals surface area contributed by atoms with Gasteiger partial charge in [-0.1, -0.05) is 74.8 Å². The van der Waals surface area contributed by atoms with Gasteiger partial charge in [-0.3, -0.25) is 19.2 Å². The van der Waals surface area contributed by atoms with Crippen molar-refractivity contribution in [2.75, 3.05) is 33.5 Å². The first-order valence-electron chi connectivity index (χ1n) is 27.4. The first-order chi connectivity index (χ1) is 42.8. The predicted molar refractivity (Wildman–Crippen MR) is 333 cm³/mol. The summed E-state index contributed by atoms with van der Waals surface area (Å²) in [4.78, 5) is 91.9. The van der Waals surface area contributed by atoms with Crippen LogP contribution in [0.15, 0.2) is 146 Å². The lowest BCUT2D eigenvalue weighted by Gasteiger charge is -2.08. The number of aliphatic hydroxyl groups is 1. The Morgan fingerprint density at radius 1 is 0.444 bits per heavy atom. The van der Waals surface area contributed by atoms with E-state index in [0.717, 1.165) is 23.3 Å². The molecule has 0 heterocycles. The Balaban J connectivity index is 0.000000600. The first-order valence-corrected chi connectivity index (χ1v) is 27.4. The highest BCUT2D eigenvalue weighted by Gasteiger charge is 2.13. The van der Waals surface area contributed by atoms with Crippen molar-refractivity contribution in [3.05, 3.63) is 207 Å². The number of carbonyl (C=O) groups is 8. The molecule has 0 aliphatic carbocycles. The minimum atomic E-state index is -0.642. The van der Waals surface area contributed by atoms with E-state index in [1.54, 1.807) is 88.4 Å². The van der Waals surface area contributed by atoms with Gasteiger partial charge in [0.1, 0.15) is 43.8 Å². The number of nitrogens with zero attached hydrogens (tertiary/aromatic N) is 4. The van der Waals surface area contributed by atoms with Crippen molar-refractivity contribution >= 4 is 71.3 Å². The third-order valence-electron chi connectivity index (χ3n) is 11.6. The van der Waals surface area contributed by atoms with Gasteiger partial charge in [0.25, 0.3) is 0 Å². The molecule has 0 bridgehead atoms. The van der Waals surface area contributed by atoms with Gasteiger partial charge in [-0.05, 0) is 138 Å². The topological polar surface area (TPSA) is 298 Å². The van der Waals surface area contributed by atoms with Crippen molar-refractivity contribution in [3.8, 4) is 30.0 Å². The van der Waals surface area contributed by atoms with Crippen LogP contribution in [0.2, 0.25) is 0 Å². The van der Waals surface area contributed by atoms with Crippen LogP contribution in [-0.4, -0.2) is 85.7 Å². The number of nitriles is 4. The molecule has 0 saturated heterocycles. The highest BCUT2D eigenvalue weighted by Crippen LogP contribution is 2.23. The number of Topliss-reactive ketones (excluding diaryl/α,β-unsaturated/α-hetero) is 4. The van der Waals surface area contributed by atoms with Gasteiger partial charge in [0.2, 0.25) is 0 Å². The van der Waals surface area contributed by atoms with E-state index in [2.05, 4.69) is 26.3 Å². The Labute approximate surface area is 522 Å². The Bertz CT molecular complexity index is 3580. The average molecular weight is 1230 g/mol. The fourth-order valence-corrected chi connectivity index (χ4v) is 6.64. The molecule has 18 nitrogen and oxygen atoms in total. The first kappa shape index (κ1) is 77.0. The molecule has 0 saturated carbocycles. The van der Waals surface area contributed by atoms with E-state index >= 15 is 0 Å². The van der Waals surface area contributed by atoms with Crippen LogP contribution in [0.4, 0.5) is 8.78 Å². The Morgan fingerprint density at radius 3 is 1.18 bits per heavy atom. The van der Waals surface area contributed by atoms with Crippen molar-refractivity contribution < 1.29 is 75.9 Å². The van der Waals surface area contributed by atoms with Crippen LogP contribution in [0.3, 0.4) is 0 Å². The minimum absolute atomic E-state index is 0.00408. The average Bonchev–Trinajstić information content (AvgIpc) is 2.65. The molecule has 0 spiro atoms. The van der Waals surface area contributed by atoms with Crippen molar-refractivity contribution in [1.29, 1.82) is 21.0 Å². The lowest BCUT2D eigenvalue weighted by atomic mass is 9.98. The van der Waals surface area contributed by atoms with E-state index in [-0.39, 0.29) is 119 Å². The normalized spacial score (nSPS) is 10.2. The smallest absolute Gasteiger partial charge is 0.330 e. The maximum absolute atomic E-state index is 13.9. The number of hydrogen-bond donors (Lipinski definition) is 1. The molecular formula is C70H70F2N4O14. The fraction of sp³-hybridized carbons (Fsp3) is 0.257. The number of methoxy groups -OCH3 is 1. The van der Waals surface area contributed by atoms with Gasteiger partial charge in [0.15, 0.2) is 23.1 Å². The number of benzene rings is 4. The number of halogens is 2. The highest BCUT2D eigenvalue weighted by molar-refractivity contribution is 5.98. The summed E-state index contributed by atoms with van der Waals surface area (Å²) in [5.74, 6) is -3.28. The monoisotopic (exact) mass is 1230 g/mol. The number of hydrogen-bond acceptors (Lipinski definition) is 18. The number of aliphatic hydroxyl groups excluding tert-OH is 1. The van der Waals surface area contributed by atoms with Crippen LogP contribution in [-0.2, 0) is 89.6 Å². The zero-order valence-corrected chi connectivity index (χ0v) is 50.9. The number of ketones is 4. The van der Waals surface area contributed by atoms with E-state index in [4.69, 9.17) is 44.7 Å². The lowest BCUT2D eigenvalue weighted by Crippen LogP contribution is -2.06. The molecule has 90 heavy (non-hydrogen) atoms. The number of rotatable bonds is 30. The molecule has 0 atom stereocenters. The van der Waals surface area contributed by atoms with Crippen LogP contribution in [0.25, 0.3) is 24.3 Å². The molecule has 4 aromatic rings. The Hall–Kier alpha value is -11.1. The Morgan fingerprint density at radius 2 is 0.800 bits per heavy atom. The summed E-state index contributed by atoms with van der Waals surface area (Å²) in [6.07, 6.45) is 11.6. The molecule has 0 radical (unpaired) electrons. The summed E-state index contributed by atoms with van der Waals surface area (Å²) in [7, 11) is 1.52. The minimum Gasteiger partial charge on any atom is -0.496 e. The molecule has 1 N–H and O–H groups in total. The van der Waals surface area contributed by atoms with E-state index in [0.29, 0.717) is 55.9 Å². The van der Waals surface area contributed by atoms with Crippen molar-refractivity contribution in [2.24, 2.45) is 0 Å². The van der Waals surface area contributed by atoms with Gasteiger partial charge in [-0.15, -0.1) is 0 Å². The number of allylic oxidation sites excluding steroid dienone is 4. The summed E-state index contributed by atoms with van der Waals surface area (Å²) >= 11 is 0. The predicted octanol–water partition coefficient (Wildman–Crippen LogP) is 11.2. The second-order valence-corrected chi connectivity index (χ2v) is 19.1. The highest BCUT2D eigenvalue weighted by atomic mass is 19.1. The van der Waals surface area contributed by atoms with E-state index < -0.39 is 35.5 Å². The van der Waals surface area contributed by atoms with Crippen LogP contribution < -0.4 is 4.74 Å². The zero-order chi connectivity index (χ0) is 67.6. The van der Waals surface area contributed by atoms with E-state index in [1.807, 2.05) is 24.3 Å². The van der Waals surface area contributed by atoms with Crippen molar-refractivity contribution in [2.45, 2.75) is 85.7 Å². The van der Waals surface area contributed by atoms with Gasteiger partial charge < -0.3 is 28.8 Å². The molecule has 0 fully saturated rings. The van der Waals surface area contributed by atoms with Crippen LogP contribution in [0.1, 0.15) is 103 Å². The molecule has 0 aromatic heterocycles. The molecule has 0 amide bonds. The van der Waals surface area contributed by atoms with Crippen LogP contribution in [0.5, 0.6) is 5.75 Å². The van der Waals surface area contributed by atoms with Gasteiger partial charge in [-0.2, -0.15) is 21.0 Å². The summed E-state index contributed by atoms with van der Waals surface area (Å²) in [6.45, 7) is 20.8. The second-order valence-electron chi connectivity index (χ2n) is 19.1. The molecule has 0 aliphatic rings. The summed E-state index contributed by atoms with van der Waals surface area (Å²) in [6, 6.07) is 26.7. The van der Waals surface area contributed by atoms with Crippen LogP contribution in [0, 0.1) is 57.0 Å². The molecule has 4 rings (SSSR count). The standard InChI is InChI=1S/2C18H19NO4.2C17H16FNO3/c1-13(2)16(20)11-14-5-6-15(17(12-14)22-3)7-8-18(21)23-10-4-9-19;1-13(2)17(21)11-15-6-4-14(10-16(15)12-20)5-7-18(22)23-9-3-8-19;1-12(2)16(20)11-14-6-4-13(10-15(14)18)5-7-17(21)22-9-3-8-19;1-12(2)16(20)11-13-4-5-14(15(18)10-13)6-7-17(21)22-9-3-8-19/h5-8,12H,1,4,10-11H2,2-3H3;4-7,10,20H,1,3,9,11-12H2,2H3;2*4-7,10H,1,3,9,11H2,2H3/b8-7+;2*7-5+;7-6+. The molecule has 0 unspecified atom stereocenters. The maximum Gasteiger partial charge on any atom is 0.330 e. The summed E-state index contributed by atoms with van der Waals surface area (Å²) in [5.41, 5.74) is 6.84. The van der Waals surface area contributed by atoms with Gasteiger partial charge in [-0.25, -0.2) is 28.0 Å². The molecule has 0 aliphatic heterocycles. The van der Waals surface area contributed by atoms with Gasteiger partial charge >= 0.3 is 23.9 Å². The van der Waals surface area contributed by atoms with Gasteiger partial charge in [0, 0.05) is 61.1 Å². The zero-order valence-electron chi connectivity index (χ0n) is 50.9. The number of esters is 4. The SMILES string of the molecule is C=C(C)C(=O)Cc1ccc(/C=C/C(=O)OCCC#N)c(F)c1.C=C(C)C(=O)Cc1ccc(/C=C/C(=O)OCCC#N)c(OC)c1.C=C(C)C(=O)Cc1ccc(/C=C/C(=O)OCCC#N)cc1CO.C=C(C)C(=O)Cc1ccc(/C=C/C(=O)OCCC#N)cc1F. The largest absolute Gasteiger partial charge is 0.496 e. The van der Waals surface area contributed by atoms with E-state index in [1.165, 1.54) is 55.7 Å². The number of ether oxygens (including phenoxy) is 5. The van der Waals surface area contributed by atoms with Crippen LogP contribution >= 0.6 is 0 Å². The quantitative estimate of drug-likeness (QED) is 0.0219. The third kappa shape index (κ3) is 32.4. The molecule has 4 aromatic carbocycles. The Kier molecular flexibility index (Phi) is 37.2. The van der Waals surface area contributed by atoms with Crippen molar-refractivity contribution in [1.82, 2.24) is 0 Å². The van der Waals surface area contributed by atoms with Gasteiger partial charge in [0.05, 0.1) is 63.7 Å². The fourth-order valence-electron chi connectivity index (χ4n) is 6.64. The summed E-state index contributed by atoms with van der Waals surface area (Å²) in [5, 5.41) is 42.8. The van der Waals surface area contributed by atoms with Crippen molar-refractivity contribution in [3.63, 3.8) is 0 Å². The lowest BCUT2D eigenvalue weighted by molar-refractivity contribution is -0.138. The van der Waals surface area contributed by atoms with E-state index in [9.17, 15) is 52.2 Å². The third-order valence-corrected chi connectivity index (χ3v) is 11.6. The summed E-state index contributed by atoms with van der Waals surface area (Å²) < 4.78 is 52.1. The number of carbonyl (C=O) groups excluding carboxylic acids is 8. The molecular weight excluding hydrogens is 1160 g/mol. The second kappa shape index (κ2) is 43.5. The maximum atomic E-state index is 13.9. The molecule has 468 valence electrons. The molecule has 20 heteroatoms.